The molecule has 0 fully saturated rings. The molecule has 0 unspecified atom stereocenters. The highest BCUT2D eigenvalue weighted by atomic mass is 15.1. The molecule has 0 N–H and O–H groups in total. The SMILES string of the molecule is CCCCC.CCCCN=[N+]=[N-]. The topological polar surface area (TPSA) is 48.8 Å². The summed E-state index contributed by atoms with van der Waals surface area (Å²) in [5, 5.41) is 3.34. The molecule has 0 amide bonds. The fraction of sp³-hybridized carbons (Fsp3) is 1.00. The van der Waals surface area contributed by atoms with Gasteiger partial charge in [0, 0.05) is 11.5 Å². The summed E-state index contributed by atoms with van der Waals surface area (Å²) in [4.78, 5) is 2.60. The molecule has 0 aromatic rings. The molecule has 0 rings (SSSR count). The Morgan fingerprint density at radius 2 is 1.50 bits per heavy atom. The average molecular weight is 171 g/mol. The zero-order valence-corrected chi connectivity index (χ0v) is 8.58. The first-order valence-electron chi connectivity index (χ1n) is 4.84. The highest BCUT2D eigenvalue weighted by Gasteiger charge is 1.74. The second-order valence-electron chi connectivity index (χ2n) is 2.66. The van der Waals surface area contributed by atoms with E-state index in [1.54, 1.807) is 0 Å². The van der Waals surface area contributed by atoms with Crippen LogP contribution in [0.2, 0.25) is 0 Å². The van der Waals surface area contributed by atoms with Gasteiger partial charge in [0.05, 0.1) is 0 Å². The number of hydrogen-bond acceptors (Lipinski definition) is 1. The monoisotopic (exact) mass is 171 g/mol. The van der Waals surface area contributed by atoms with E-state index in [1.807, 2.05) is 0 Å². The standard InChI is InChI=1S/C5H12.C4H9N3/c1-3-5-4-2;1-2-3-4-6-7-5/h3-5H2,1-2H3;2-4H2,1H3. The van der Waals surface area contributed by atoms with Gasteiger partial charge in [-0.05, 0) is 12.0 Å². The van der Waals surface area contributed by atoms with Gasteiger partial charge in [-0.15, -0.1) is 0 Å². The Morgan fingerprint density at radius 1 is 1.00 bits per heavy atom. The molecule has 0 aliphatic rings. The summed E-state index contributed by atoms with van der Waals surface area (Å²) >= 11 is 0. The molecule has 0 saturated carbocycles. The van der Waals surface area contributed by atoms with Crippen molar-refractivity contribution in [3.05, 3.63) is 10.4 Å². The molecule has 0 bridgehead atoms. The van der Waals surface area contributed by atoms with Crippen LogP contribution in [0.5, 0.6) is 0 Å². The van der Waals surface area contributed by atoms with E-state index in [0.717, 1.165) is 12.8 Å². The smallest absolute Gasteiger partial charge is 0.0257 e. The molecule has 3 nitrogen and oxygen atoms in total. The molecule has 0 saturated heterocycles. The first-order valence-corrected chi connectivity index (χ1v) is 4.84. The van der Waals surface area contributed by atoms with Crippen LogP contribution in [0.4, 0.5) is 0 Å². The van der Waals surface area contributed by atoms with Gasteiger partial charge < -0.3 is 0 Å². The predicted molar refractivity (Wildman–Crippen MR) is 54.1 cm³/mol. The van der Waals surface area contributed by atoms with E-state index < -0.39 is 0 Å². The summed E-state index contributed by atoms with van der Waals surface area (Å²) < 4.78 is 0. The molecule has 0 radical (unpaired) electrons. The van der Waals surface area contributed by atoms with Gasteiger partial charge in [0.25, 0.3) is 0 Å². The van der Waals surface area contributed by atoms with E-state index in [0.29, 0.717) is 6.54 Å². The van der Waals surface area contributed by atoms with Gasteiger partial charge in [-0.2, -0.15) is 0 Å². The van der Waals surface area contributed by atoms with E-state index in [9.17, 15) is 0 Å². The quantitative estimate of drug-likeness (QED) is 0.256. The van der Waals surface area contributed by atoms with Crippen molar-refractivity contribution in [2.45, 2.75) is 52.9 Å². The lowest BCUT2D eigenvalue weighted by molar-refractivity contribution is 0.772. The van der Waals surface area contributed by atoms with E-state index in [-0.39, 0.29) is 0 Å². The van der Waals surface area contributed by atoms with Crippen LogP contribution in [0, 0.1) is 0 Å². The normalized spacial score (nSPS) is 7.92. The molecule has 0 heterocycles. The summed E-state index contributed by atoms with van der Waals surface area (Å²) in [5.41, 5.74) is 7.75. The Balaban J connectivity index is 0. The van der Waals surface area contributed by atoms with Gasteiger partial charge in [0.1, 0.15) is 0 Å². The summed E-state index contributed by atoms with van der Waals surface area (Å²) in [7, 11) is 0. The lowest BCUT2D eigenvalue weighted by atomic mass is 10.3. The van der Waals surface area contributed by atoms with Crippen molar-refractivity contribution >= 4 is 0 Å². The van der Waals surface area contributed by atoms with Crippen molar-refractivity contribution in [2.75, 3.05) is 6.54 Å². The van der Waals surface area contributed by atoms with Gasteiger partial charge in [0.2, 0.25) is 0 Å². The van der Waals surface area contributed by atoms with Crippen LogP contribution in [0.15, 0.2) is 5.11 Å². The molecule has 12 heavy (non-hydrogen) atoms. The van der Waals surface area contributed by atoms with Crippen molar-refractivity contribution in [3.8, 4) is 0 Å². The Kier molecular flexibility index (Phi) is 19.3. The van der Waals surface area contributed by atoms with Gasteiger partial charge in [-0.1, -0.05) is 51.6 Å². The van der Waals surface area contributed by atoms with Crippen LogP contribution in [0.1, 0.15) is 52.9 Å². The Morgan fingerprint density at radius 3 is 1.75 bits per heavy atom. The lowest BCUT2D eigenvalue weighted by Crippen LogP contribution is -1.72. The van der Waals surface area contributed by atoms with Crippen LogP contribution in [0.25, 0.3) is 10.4 Å². The largest absolute Gasteiger partial charge is 0.0940 e. The fourth-order valence-corrected chi connectivity index (χ4v) is 0.627. The number of hydrogen-bond donors (Lipinski definition) is 0. The molecule has 0 atom stereocenters. The fourth-order valence-electron chi connectivity index (χ4n) is 0.627. The summed E-state index contributed by atoms with van der Waals surface area (Å²) in [6, 6.07) is 0. The molecule has 0 spiro atoms. The van der Waals surface area contributed by atoms with E-state index >= 15 is 0 Å². The highest BCUT2D eigenvalue weighted by Crippen LogP contribution is 1.88. The molecular weight excluding hydrogens is 150 g/mol. The molecule has 72 valence electrons. The van der Waals surface area contributed by atoms with Crippen LogP contribution in [-0.4, -0.2) is 6.54 Å². The highest BCUT2D eigenvalue weighted by molar-refractivity contribution is 4.43. The predicted octanol–water partition coefficient (Wildman–Crippen LogP) is 4.29. The Bertz CT molecular complexity index is 104. The molecular formula is C9H21N3. The Labute approximate surface area is 75.8 Å². The molecule has 0 aliphatic carbocycles. The number of rotatable bonds is 5. The van der Waals surface area contributed by atoms with Gasteiger partial charge >= 0.3 is 0 Å². The average Bonchev–Trinajstić information content (AvgIpc) is 2.08. The van der Waals surface area contributed by atoms with Crippen molar-refractivity contribution < 1.29 is 0 Å². The lowest BCUT2D eigenvalue weighted by Gasteiger charge is -1.80. The van der Waals surface area contributed by atoms with Crippen molar-refractivity contribution in [3.63, 3.8) is 0 Å². The number of nitrogens with zero attached hydrogens (tertiary/aromatic N) is 3. The number of azide groups is 1. The molecule has 0 aromatic carbocycles. The number of unbranched alkanes of at least 4 members (excludes halogenated alkanes) is 3. The van der Waals surface area contributed by atoms with E-state index in [2.05, 4.69) is 30.8 Å². The summed E-state index contributed by atoms with van der Waals surface area (Å²) in [6.45, 7) is 7.13. The van der Waals surface area contributed by atoms with Crippen LogP contribution >= 0.6 is 0 Å². The van der Waals surface area contributed by atoms with Gasteiger partial charge in [0.15, 0.2) is 0 Å². The minimum atomic E-state index is 0.646. The van der Waals surface area contributed by atoms with Crippen molar-refractivity contribution in [1.29, 1.82) is 0 Å². The minimum Gasteiger partial charge on any atom is -0.0940 e. The van der Waals surface area contributed by atoms with Crippen LogP contribution < -0.4 is 0 Å². The van der Waals surface area contributed by atoms with Crippen LogP contribution in [0.3, 0.4) is 0 Å². The van der Waals surface area contributed by atoms with Gasteiger partial charge in [-0.3, -0.25) is 0 Å². The third-order valence-corrected chi connectivity index (χ3v) is 1.38. The van der Waals surface area contributed by atoms with E-state index in [4.69, 9.17) is 5.53 Å². The third kappa shape index (κ3) is 22.8. The van der Waals surface area contributed by atoms with Crippen LogP contribution in [-0.2, 0) is 0 Å². The molecule has 3 heteroatoms. The summed E-state index contributed by atoms with van der Waals surface area (Å²) in [6.07, 6.45) is 6.18. The third-order valence-electron chi connectivity index (χ3n) is 1.38. The second kappa shape index (κ2) is 16.7. The maximum atomic E-state index is 7.75. The van der Waals surface area contributed by atoms with Crippen molar-refractivity contribution in [1.82, 2.24) is 0 Å². The molecule has 0 aliphatic heterocycles. The second-order valence-corrected chi connectivity index (χ2v) is 2.66. The zero-order chi connectivity index (χ0) is 9.66. The minimum absolute atomic E-state index is 0.646. The van der Waals surface area contributed by atoms with Crippen molar-refractivity contribution in [2.24, 2.45) is 5.11 Å². The first-order chi connectivity index (χ1) is 5.83. The van der Waals surface area contributed by atoms with E-state index in [1.165, 1.54) is 19.3 Å². The maximum Gasteiger partial charge on any atom is 0.0257 e. The molecule has 0 aromatic heterocycles. The Hall–Kier alpha value is -0.690. The summed E-state index contributed by atoms with van der Waals surface area (Å²) in [5.74, 6) is 0. The van der Waals surface area contributed by atoms with Gasteiger partial charge in [-0.25, -0.2) is 0 Å². The maximum absolute atomic E-state index is 7.75. The zero-order valence-electron chi connectivity index (χ0n) is 8.58. The first kappa shape index (κ1) is 13.9.